The topological polar surface area (TPSA) is 55.1 Å². The third-order valence-electron chi connectivity index (χ3n) is 1.71. The van der Waals surface area contributed by atoms with Gasteiger partial charge in [-0.25, -0.2) is 4.79 Å². The Kier molecular flexibility index (Phi) is 2.38. The molecule has 0 aliphatic heterocycles. The van der Waals surface area contributed by atoms with Crippen LogP contribution in [0.4, 0.5) is 0 Å². The molecule has 1 aromatic heterocycles. The molecular formula is C7H9ClN2O2. The zero-order valence-corrected chi connectivity index (χ0v) is 7.54. The van der Waals surface area contributed by atoms with Gasteiger partial charge in [-0.3, -0.25) is 4.68 Å². The molecule has 0 amide bonds. The van der Waals surface area contributed by atoms with Crippen LogP contribution < -0.4 is 0 Å². The molecule has 1 rings (SSSR count). The van der Waals surface area contributed by atoms with Crippen LogP contribution in [0, 0.1) is 6.92 Å². The number of halogens is 1. The van der Waals surface area contributed by atoms with E-state index in [9.17, 15) is 4.79 Å². The average Bonchev–Trinajstić information content (AvgIpc) is 2.32. The number of aromatic nitrogens is 2. The van der Waals surface area contributed by atoms with Gasteiger partial charge in [0, 0.05) is 0 Å². The van der Waals surface area contributed by atoms with E-state index in [-0.39, 0.29) is 0 Å². The lowest BCUT2D eigenvalue weighted by molar-refractivity contribution is -0.140. The Morgan fingerprint density at radius 1 is 1.83 bits per heavy atom. The van der Waals surface area contributed by atoms with Crippen LogP contribution in [0.15, 0.2) is 6.20 Å². The second-order valence-electron chi connectivity index (χ2n) is 2.54. The summed E-state index contributed by atoms with van der Waals surface area (Å²) in [6.45, 7) is 3.29. The van der Waals surface area contributed by atoms with E-state index in [1.807, 2.05) is 0 Å². The van der Waals surface area contributed by atoms with Gasteiger partial charge in [0.15, 0.2) is 0 Å². The van der Waals surface area contributed by atoms with E-state index in [1.54, 1.807) is 13.8 Å². The summed E-state index contributed by atoms with van der Waals surface area (Å²) < 4.78 is 1.38. The van der Waals surface area contributed by atoms with E-state index < -0.39 is 12.0 Å². The van der Waals surface area contributed by atoms with Crippen molar-refractivity contribution in [3.63, 3.8) is 0 Å². The second kappa shape index (κ2) is 3.15. The normalized spacial score (nSPS) is 12.9. The van der Waals surface area contributed by atoms with Gasteiger partial charge in [0.1, 0.15) is 6.04 Å². The molecule has 1 unspecified atom stereocenters. The first-order valence-corrected chi connectivity index (χ1v) is 3.84. The highest BCUT2D eigenvalue weighted by atomic mass is 35.5. The molecule has 0 fully saturated rings. The summed E-state index contributed by atoms with van der Waals surface area (Å²) in [4.78, 5) is 10.6. The average molecular weight is 189 g/mol. The maximum absolute atomic E-state index is 10.6. The van der Waals surface area contributed by atoms with Crippen molar-refractivity contribution in [2.24, 2.45) is 0 Å². The second-order valence-corrected chi connectivity index (χ2v) is 2.94. The first kappa shape index (κ1) is 9.06. The van der Waals surface area contributed by atoms with E-state index in [1.165, 1.54) is 10.9 Å². The van der Waals surface area contributed by atoms with Crippen molar-refractivity contribution < 1.29 is 9.90 Å². The standard InChI is InChI=1S/C7H9ClN2O2/c1-4-6(8)3-9-10(4)5(2)7(11)12/h3,5H,1-2H3,(H,11,12). The first-order chi connectivity index (χ1) is 5.54. The van der Waals surface area contributed by atoms with Gasteiger partial charge in [0.25, 0.3) is 0 Å². The maximum Gasteiger partial charge on any atom is 0.328 e. The number of carbonyl (C=O) groups is 1. The van der Waals surface area contributed by atoms with E-state index in [0.717, 1.165) is 0 Å². The van der Waals surface area contributed by atoms with Crippen LogP contribution in [0.1, 0.15) is 18.7 Å². The van der Waals surface area contributed by atoms with Gasteiger partial charge in [-0.05, 0) is 13.8 Å². The van der Waals surface area contributed by atoms with Crippen molar-refractivity contribution in [2.45, 2.75) is 19.9 Å². The Labute approximate surface area is 74.8 Å². The quantitative estimate of drug-likeness (QED) is 0.765. The minimum Gasteiger partial charge on any atom is -0.480 e. The number of rotatable bonds is 2. The molecule has 12 heavy (non-hydrogen) atoms. The fraction of sp³-hybridized carbons (Fsp3) is 0.429. The Morgan fingerprint density at radius 2 is 2.42 bits per heavy atom. The number of carboxylic acids is 1. The van der Waals surface area contributed by atoms with Crippen molar-refractivity contribution in [1.29, 1.82) is 0 Å². The maximum atomic E-state index is 10.6. The SMILES string of the molecule is Cc1c(Cl)cnn1C(C)C(=O)O. The summed E-state index contributed by atoms with van der Waals surface area (Å²) >= 11 is 5.70. The van der Waals surface area contributed by atoms with Gasteiger partial charge < -0.3 is 5.11 Å². The fourth-order valence-electron chi connectivity index (χ4n) is 0.897. The molecule has 1 atom stereocenters. The van der Waals surface area contributed by atoms with E-state index in [4.69, 9.17) is 16.7 Å². The van der Waals surface area contributed by atoms with Crippen LogP contribution in [0.5, 0.6) is 0 Å². The number of carboxylic acid groups (broad SMARTS) is 1. The van der Waals surface area contributed by atoms with E-state index in [2.05, 4.69) is 5.10 Å². The zero-order valence-electron chi connectivity index (χ0n) is 6.78. The largest absolute Gasteiger partial charge is 0.480 e. The number of nitrogens with zero attached hydrogens (tertiary/aromatic N) is 2. The Hall–Kier alpha value is -1.03. The minimum absolute atomic E-state index is 0.489. The molecular weight excluding hydrogens is 180 g/mol. The smallest absolute Gasteiger partial charge is 0.328 e. The monoisotopic (exact) mass is 188 g/mol. The summed E-state index contributed by atoms with van der Waals surface area (Å²) in [6, 6.07) is -0.669. The molecule has 0 radical (unpaired) electrons. The molecule has 0 saturated heterocycles. The summed E-state index contributed by atoms with van der Waals surface area (Å²) in [5, 5.41) is 13.0. The molecule has 0 spiro atoms. The number of hydrogen-bond donors (Lipinski definition) is 1. The highest BCUT2D eigenvalue weighted by Crippen LogP contribution is 2.17. The molecule has 4 nitrogen and oxygen atoms in total. The van der Waals surface area contributed by atoms with Crippen molar-refractivity contribution in [3.05, 3.63) is 16.9 Å². The van der Waals surface area contributed by atoms with Gasteiger partial charge in [0.05, 0.1) is 16.9 Å². The molecule has 5 heteroatoms. The van der Waals surface area contributed by atoms with Crippen LogP contribution in [-0.2, 0) is 4.79 Å². The lowest BCUT2D eigenvalue weighted by atomic mass is 10.3. The molecule has 1 N–H and O–H groups in total. The van der Waals surface area contributed by atoms with Crippen LogP contribution in [0.25, 0.3) is 0 Å². The number of aliphatic carboxylic acids is 1. The molecule has 0 saturated carbocycles. The molecule has 1 heterocycles. The third kappa shape index (κ3) is 1.43. The molecule has 0 aliphatic rings. The molecule has 1 aromatic rings. The fourth-order valence-corrected chi connectivity index (χ4v) is 1.03. The molecule has 0 aromatic carbocycles. The van der Waals surface area contributed by atoms with Gasteiger partial charge in [0.2, 0.25) is 0 Å². The summed E-state index contributed by atoms with van der Waals surface area (Å²) in [7, 11) is 0. The summed E-state index contributed by atoms with van der Waals surface area (Å²) in [6.07, 6.45) is 1.44. The Balaban J connectivity index is 3.03. The van der Waals surface area contributed by atoms with Crippen molar-refractivity contribution in [3.8, 4) is 0 Å². The van der Waals surface area contributed by atoms with Crippen LogP contribution in [0.3, 0.4) is 0 Å². The predicted molar refractivity (Wildman–Crippen MR) is 44.3 cm³/mol. The summed E-state index contributed by atoms with van der Waals surface area (Å²) in [5.74, 6) is -0.919. The van der Waals surface area contributed by atoms with Crippen molar-refractivity contribution in [2.75, 3.05) is 0 Å². The van der Waals surface area contributed by atoms with Crippen molar-refractivity contribution >= 4 is 17.6 Å². The Morgan fingerprint density at radius 3 is 2.75 bits per heavy atom. The van der Waals surface area contributed by atoms with Gasteiger partial charge in [-0.2, -0.15) is 5.10 Å². The van der Waals surface area contributed by atoms with Gasteiger partial charge in [-0.15, -0.1) is 0 Å². The Bertz CT molecular complexity index is 308. The third-order valence-corrected chi connectivity index (χ3v) is 2.08. The molecule has 66 valence electrons. The van der Waals surface area contributed by atoms with E-state index in [0.29, 0.717) is 10.7 Å². The van der Waals surface area contributed by atoms with E-state index >= 15 is 0 Å². The first-order valence-electron chi connectivity index (χ1n) is 3.46. The predicted octanol–water partition coefficient (Wildman–Crippen LogP) is 1.49. The minimum atomic E-state index is -0.919. The van der Waals surface area contributed by atoms with Crippen LogP contribution in [-0.4, -0.2) is 20.9 Å². The van der Waals surface area contributed by atoms with Crippen molar-refractivity contribution in [1.82, 2.24) is 9.78 Å². The highest BCUT2D eigenvalue weighted by molar-refractivity contribution is 6.31. The van der Waals surface area contributed by atoms with Gasteiger partial charge in [-0.1, -0.05) is 11.6 Å². The zero-order chi connectivity index (χ0) is 9.30. The number of hydrogen-bond acceptors (Lipinski definition) is 2. The highest BCUT2D eigenvalue weighted by Gasteiger charge is 2.16. The molecule has 0 aliphatic carbocycles. The lowest BCUT2D eigenvalue weighted by Crippen LogP contribution is -2.17. The lowest BCUT2D eigenvalue weighted by Gasteiger charge is -2.08. The molecule has 0 bridgehead atoms. The summed E-state index contributed by atoms with van der Waals surface area (Å²) in [5.41, 5.74) is 0.673. The van der Waals surface area contributed by atoms with Gasteiger partial charge >= 0.3 is 5.97 Å². The van der Waals surface area contributed by atoms with Crippen LogP contribution in [0.2, 0.25) is 5.02 Å². The van der Waals surface area contributed by atoms with Crippen LogP contribution >= 0.6 is 11.6 Å².